The summed E-state index contributed by atoms with van der Waals surface area (Å²) in [5.41, 5.74) is 0. The quantitative estimate of drug-likeness (QED) is 0.285. The van der Waals surface area contributed by atoms with E-state index in [0.29, 0.717) is 4.28 Å². The fourth-order valence-electron chi connectivity index (χ4n) is 5.41. The van der Waals surface area contributed by atoms with Gasteiger partial charge in [-0.1, -0.05) is 0 Å². The Morgan fingerprint density at radius 1 is 0.667 bits per heavy atom. The van der Waals surface area contributed by atoms with Crippen molar-refractivity contribution in [1.29, 1.82) is 0 Å². The van der Waals surface area contributed by atoms with Crippen molar-refractivity contribution in [2.75, 3.05) is 0 Å². The second kappa shape index (κ2) is 11.6. The van der Waals surface area contributed by atoms with Crippen molar-refractivity contribution in [2.24, 2.45) is 0 Å². The van der Waals surface area contributed by atoms with Crippen molar-refractivity contribution < 1.29 is 22.2 Å². The van der Waals surface area contributed by atoms with Gasteiger partial charge >= 0.3 is 177 Å². The molecule has 2 aromatic rings. The third-order valence-corrected chi connectivity index (χ3v) is 34.1. The third-order valence-electron chi connectivity index (χ3n) is 6.04. The van der Waals surface area contributed by atoms with Crippen LogP contribution in [0.2, 0.25) is 68.2 Å². The molecule has 0 spiro atoms. The van der Waals surface area contributed by atoms with Gasteiger partial charge in [0.25, 0.3) is 6.79 Å². The van der Waals surface area contributed by atoms with Gasteiger partial charge < -0.3 is 1.43 Å². The minimum absolute atomic E-state index is 0. The summed E-state index contributed by atoms with van der Waals surface area (Å²) in [6.45, 7) is 28.5. The van der Waals surface area contributed by atoms with Gasteiger partial charge in [-0.3, -0.25) is 4.79 Å². The van der Waals surface area contributed by atoms with Gasteiger partial charge in [0.05, 0.1) is 0 Å². The Morgan fingerprint density at radius 2 is 0.933 bits per heavy atom. The summed E-state index contributed by atoms with van der Waals surface area (Å²) in [6.07, 6.45) is 0. The molecule has 0 saturated carbocycles. The minimum Gasteiger partial charge on any atom is -1.00 e. The predicted molar refractivity (Wildman–Crippen MR) is 148 cm³/mol. The van der Waals surface area contributed by atoms with Crippen LogP contribution in [0.25, 0.3) is 0 Å². The topological polar surface area (TPSA) is 17.1 Å². The Morgan fingerprint density at radius 3 is 1.17 bits per heavy atom. The first-order chi connectivity index (χ1) is 13.3. The number of carbonyl (C=O) groups excluding carboxylic acids is 1. The maximum Gasteiger partial charge on any atom is 0.281 e. The van der Waals surface area contributed by atoms with Crippen molar-refractivity contribution in [2.45, 2.75) is 68.2 Å². The average Bonchev–Trinajstić information content (AvgIpc) is 2.62. The molecule has 2 rings (SSSR count). The molecule has 0 aliphatic heterocycles. The van der Waals surface area contributed by atoms with Crippen LogP contribution in [0.5, 0.6) is 0 Å². The molecule has 0 aromatic heterocycles. The summed E-state index contributed by atoms with van der Waals surface area (Å²) < 4.78 is 3.85. The minimum atomic E-state index is -1.38. The molecule has 0 bridgehead atoms. The van der Waals surface area contributed by atoms with E-state index in [1.807, 2.05) is 0 Å². The maximum atomic E-state index is 7.50. The van der Waals surface area contributed by atoms with Crippen LogP contribution in [0.1, 0.15) is 1.43 Å². The van der Waals surface area contributed by atoms with E-state index < -0.39 is 40.2 Å². The summed E-state index contributed by atoms with van der Waals surface area (Å²) >= 11 is -1.16. The monoisotopic (exact) mass is 565 g/mol. The number of hydrogen-bond acceptors (Lipinski definition) is 1. The zero-order valence-electron chi connectivity index (χ0n) is 21.4. The van der Waals surface area contributed by atoms with E-state index in [-0.39, 0.29) is 11.3 Å². The summed E-state index contributed by atoms with van der Waals surface area (Å²) in [4.78, 5) is 7.50. The van der Waals surface area contributed by atoms with Crippen LogP contribution in [-0.2, 0) is 20.7 Å². The van der Waals surface area contributed by atoms with Crippen LogP contribution in [0.4, 0.5) is 0 Å². The van der Waals surface area contributed by atoms with Crippen LogP contribution >= 0.6 is 9.90 Å². The molecule has 6 heteroatoms. The normalized spacial score (nSPS) is 12.9. The van der Waals surface area contributed by atoms with E-state index in [1.54, 1.807) is 8.32 Å². The van der Waals surface area contributed by atoms with Gasteiger partial charge in [-0.15, -0.1) is 0 Å². The van der Waals surface area contributed by atoms with E-state index in [0.717, 1.165) is 0 Å². The maximum absolute atomic E-state index is 7.50. The summed E-state index contributed by atoms with van der Waals surface area (Å²) in [5.74, 6) is 0. The molecule has 30 heavy (non-hydrogen) atoms. The van der Waals surface area contributed by atoms with Crippen molar-refractivity contribution in [3.8, 4) is 0 Å². The van der Waals surface area contributed by atoms with E-state index >= 15 is 0 Å². The molecule has 0 aliphatic rings. The zero-order chi connectivity index (χ0) is 22.5. The standard InChI is InChI=1S/C11H29Si3.2C6H5.CO.H3P.Rh.H/c1-11(12(2,3)4,13(5,6)7)14(8,9)10;2*1-2-4-6-5-3-1;1-2;;;/h1H2,2-10H3;2*1-5H;;1H3;;/q;;;;;;-1. The van der Waals surface area contributed by atoms with Gasteiger partial charge in [-0.2, -0.15) is 9.90 Å². The van der Waals surface area contributed by atoms with E-state index in [4.69, 9.17) is 4.79 Å². The second-order valence-corrected chi connectivity index (χ2v) is 32.2. The van der Waals surface area contributed by atoms with E-state index in [1.165, 1.54) is 5.02 Å². The molecule has 172 valence electrons. The molecule has 2 radical (unpaired) electrons. The third kappa shape index (κ3) is 6.42. The van der Waals surface area contributed by atoms with E-state index in [9.17, 15) is 0 Å². The molecular weight excluding hydrogens is 522 g/mol. The van der Waals surface area contributed by atoms with Crippen LogP contribution < -0.4 is 8.32 Å². The summed E-state index contributed by atoms with van der Waals surface area (Å²) in [6, 6.07) is 22.9. The Kier molecular flexibility index (Phi) is 11.5. The first-order valence-electron chi connectivity index (χ1n) is 10.2. The molecule has 0 saturated heterocycles. The first kappa shape index (κ1) is 29.8. The molecule has 0 fully saturated rings. The molecule has 2 aromatic carbocycles. The largest absolute Gasteiger partial charge is 1.00 e. The Bertz CT molecular complexity index is 681. The molecule has 0 N–H and O–H groups in total. The summed E-state index contributed by atoms with van der Waals surface area (Å²) in [5, 5.41) is 1.45. The van der Waals surface area contributed by atoms with Crippen LogP contribution in [0, 0.1) is 0 Å². The van der Waals surface area contributed by atoms with Gasteiger partial charge in [0.2, 0.25) is 0 Å². The first-order valence-corrected chi connectivity index (χ1v) is 23.5. The van der Waals surface area contributed by atoms with Crippen molar-refractivity contribution >= 4 is 49.2 Å². The van der Waals surface area contributed by atoms with Gasteiger partial charge in [0, 0.05) is 0 Å². The Balaban J connectivity index is 0. The molecule has 1 unspecified atom stereocenters. The van der Waals surface area contributed by atoms with Crippen molar-refractivity contribution in [3.05, 3.63) is 60.7 Å². The Hall–Kier alpha value is -0.186. The molecule has 0 amide bonds. The fourth-order valence-corrected chi connectivity index (χ4v) is 47.4. The van der Waals surface area contributed by atoms with Crippen LogP contribution in [0.3, 0.4) is 0 Å². The van der Waals surface area contributed by atoms with E-state index in [2.05, 4.69) is 126 Å². The fraction of sp³-hybridized carbons (Fsp3) is 0.458. The molecule has 0 heterocycles. The van der Waals surface area contributed by atoms with Gasteiger partial charge in [0.15, 0.2) is 0 Å². The van der Waals surface area contributed by atoms with Gasteiger partial charge in [0.1, 0.15) is 0 Å². The van der Waals surface area contributed by atoms with Crippen LogP contribution in [0.15, 0.2) is 60.7 Å². The van der Waals surface area contributed by atoms with Crippen molar-refractivity contribution in [1.82, 2.24) is 0 Å². The zero-order valence-corrected chi connectivity index (χ0v) is 26.5. The number of hydrogen-bond donors (Lipinski definition) is 0. The molecule has 0 aliphatic carbocycles. The predicted octanol–water partition coefficient (Wildman–Crippen LogP) is 6.28. The number of benzene rings is 2. The smallest absolute Gasteiger partial charge is 0.281 e. The molecular formula is C24H43OPRhSi3-. The Labute approximate surface area is 199 Å². The van der Waals surface area contributed by atoms with Gasteiger partial charge in [-0.25, -0.2) is 0 Å². The second-order valence-electron chi connectivity index (χ2n) is 10.6. The van der Waals surface area contributed by atoms with Gasteiger partial charge in [-0.05, 0) is 0 Å². The van der Waals surface area contributed by atoms with Crippen molar-refractivity contribution in [3.63, 3.8) is 0 Å². The molecule has 1 atom stereocenters. The molecule has 1 nitrogen and oxygen atoms in total. The SMILES string of the molecule is C[Si](C)(C)C([CH2][Rh]([c]1ccccc1)[c]1ccccc1)([Si](C)(C)C)[Si](C)(C)C.P.[C]=O.[H-]. The van der Waals surface area contributed by atoms with Crippen LogP contribution in [-0.4, -0.2) is 31.0 Å². The average molecular weight is 566 g/mol. The summed E-state index contributed by atoms with van der Waals surface area (Å²) in [7, 11) is -4.14. The number of rotatable bonds is 7.